The maximum absolute atomic E-state index is 10.2. The average Bonchev–Trinajstić information content (AvgIpc) is 2.35. The minimum absolute atomic E-state index is 0.0526. The number of halogens is 1. The van der Waals surface area contributed by atoms with Gasteiger partial charge in [-0.15, -0.1) is 0 Å². The van der Waals surface area contributed by atoms with Gasteiger partial charge in [-0.2, -0.15) is 0 Å². The standard InChI is InChI=1S/C7H6BrNO3/c1-5(9(10)11)4-6-2-3-7(8)12-6/h2-4H,1H3/b5-4-. The summed E-state index contributed by atoms with van der Waals surface area (Å²) in [6.45, 7) is 1.41. The third-order valence-electron chi connectivity index (χ3n) is 1.23. The molecule has 1 aromatic heterocycles. The van der Waals surface area contributed by atoms with Crippen LogP contribution >= 0.6 is 15.9 Å². The number of nitro groups is 1. The molecule has 0 aromatic carbocycles. The first kappa shape index (κ1) is 8.99. The van der Waals surface area contributed by atoms with Crippen molar-refractivity contribution in [1.29, 1.82) is 0 Å². The minimum Gasteiger partial charge on any atom is -0.450 e. The summed E-state index contributed by atoms with van der Waals surface area (Å²) in [4.78, 5) is 9.73. The molecule has 5 heteroatoms. The van der Waals surface area contributed by atoms with E-state index in [9.17, 15) is 10.1 Å². The number of allylic oxidation sites excluding steroid dienone is 1. The molecule has 0 N–H and O–H groups in total. The summed E-state index contributed by atoms with van der Waals surface area (Å²) < 4.78 is 5.60. The maximum Gasteiger partial charge on any atom is 0.246 e. The predicted molar refractivity (Wildman–Crippen MR) is 47.1 cm³/mol. The third-order valence-corrected chi connectivity index (χ3v) is 1.66. The Hall–Kier alpha value is -1.10. The highest BCUT2D eigenvalue weighted by molar-refractivity contribution is 9.10. The Balaban J connectivity index is 2.87. The van der Waals surface area contributed by atoms with E-state index in [-0.39, 0.29) is 5.70 Å². The topological polar surface area (TPSA) is 56.3 Å². The largest absolute Gasteiger partial charge is 0.450 e. The van der Waals surface area contributed by atoms with E-state index in [1.807, 2.05) is 0 Å². The molecule has 0 aliphatic heterocycles. The molecule has 12 heavy (non-hydrogen) atoms. The molecule has 0 fully saturated rings. The number of rotatable bonds is 2. The lowest BCUT2D eigenvalue weighted by Crippen LogP contribution is -1.92. The van der Waals surface area contributed by atoms with Gasteiger partial charge in [-0.25, -0.2) is 0 Å². The van der Waals surface area contributed by atoms with E-state index in [2.05, 4.69) is 15.9 Å². The summed E-state index contributed by atoms with van der Waals surface area (Å²) in [7, 11) is 0. The molecule has 0 aliphatic carbocycles. The van der Waals surface area contributed by atoms with Crippen molar-refractivity contribution in [2.24, 2.45) is 0 Å². The normalized spacial score (nSPS) is 11.7. The van der Waals surface area contributed by atoms with Gasteiger partial charge in [0.1, 0.15) is 5.76 Å². The van der Waals surface area contributed by atoms with Gasteiger partial charge in [-0.1, -0.05) is 0 Å². The highest BCUT2D eigenvalue weighted by Crippen LogP contribution is 2.16. The van der Waals surface area contributed by atoms with Gasteiger partial charge >= 0.3 is 0 Å². The zero-order valence-electron chi connectivity index (χ0n) is 6.28. The van der Waals surface area contributed by atoms with Crippen LogP contribution in [0.2, 0.25) is 0 Å². The summed E-state index contributed by atoms with van der Waals surface area (Å²) in [6.07, 6.45) is 1.37. The third kappa shape index (κ3) is 2.20. The molecule has 1 aromatic rings. The Kier molecular flexibility index (Phi) is 2.65. The van der Waals surface area contributed by atoms with Gasteiger partial charge in [0, 0.05) is 6.92 Å². The second-order valence-electron chi connectivity index (χ2n) is 2.18. The highest BCUT2D eigenvalue weighted by atomic mass is 79.9. The predicted octanol–water partition coefficient (Wildman–Crippen LogP) is 2.68. The van der Waals surface area contributed by atoms with E-state index in [4.69, 9.17) is 4.42 Å². The average molecular weight is 232 g/mol. The molecule has 64 valence electrons. The van der Waals surface area contributed by atoms with Crippen LogP contribution in [0.4, 0.5) is 0 Å². The van der Waals surface area contributed by atoms with E-state index >= 15 is 0 Å². The Morgan fingerprint density at radius 3 is 2.83 bits per heavy atom. The van der Waals surface area contributed by atoms with Crippen molar-refractivity contribution in [2.45, 2.75) is 6.92 Å². The Morgan fingerprint density at radius 1 is 1.75 bits per heavy atom. The first-order chi connectivity index (χ1) is 5.59. The lowest BCUT2D eigenvalue weighted by Gasteiger charge is -1.86. The summed E-state index contributed by atoms with van der Waals surface area (Å²) in [5.41, 5.74) is 0.0526. The van der Waals surface area contributed by atoms with Crippen LogP contribution in [0.1, 0.15) is 12.7 Å². The molecule has 0 unspecified atom stereocenters. The molecule has 1 rings (SSSR count). The number of nitrogens with zero attached hydrogens (tertiary/aromatic N) is 1. The van der Waals surface area contributed by atoms with Crippen LogP contribution in [0.15, 0.2) is 26.9 Å². The lowest BCUT2D eigenvalue weighted by atomic mass is 10.4. The molecule has 0 amide bonds. The first-order valence-electron chi connectivity index (χ1n) is 3.17. The highest BCUT2D eigenvalue weighted by Gasteiger charge is 2.04. The number of hydrogen-bond acceptors (Lipinski definition) is 3. The fourth-order valence-corrected chi connectivity index (χ4v) is 0.984. The van der Waals surface area contributed by atoms with Crippen molar-refractivity contribution in [3.8, 4) is 0 Å². The van der Waals surface area contributed by atoms with Gasteiger partial charge < -0.3 is 4.42 Å². The molecular formula is C7H6BrNO3. The van der Waals surface area contributed by atoms with Crippen molar-refractivity contribution in [3.05, 3.63) is 38.4 Å². The van der Waals surface area contributed by atoms with Gasteiger partial charge in [0.2, 0.25) is 5.70 Å². The Bertz CT molecular complexity index is 329. The van der Waals surface area contributed by atoms with Crippen LogP contribution < -0.4 is 0 Å². The summed E-state index contributed by atoms with van der Waals surface area (Å²) in [6, 6.07) is 3.33. The lowest BCUT2D eigenvalue weighted by molar-refractivity contribution is -0.422. The summed E-state index contributed by atoms with van der Waals surface area (Å²) in [5, 5.41) is 10.2. The molecule has 4 nitrogen and oxygen atoms in total. The molecule has 0 atom stereocenters. The Labute approximate surface area is 77.2 Å². The van der Waals surface area contributed by atoms with Crippen LogP contribution in [-0.2, 0) is 0 Å². The number of furan rings is 1. The fourth-order valence-electron chi connectivity index (χ4n) is 0.664. The molecule has 0 saturated carbocycles. The van der Waals surface area contributed by atoms with E-state index in [1.54, 1.807) is 12.1 Å². The van der Waals surface area contributed by atoms with Crippen molar-refractivity contribution < 1.29 is 9.34 Å². The van der Waals surface area contributed by atoms with Crippen LogP contribution in [0.5, 0.6) is 0 Å². The molecule has 0 aliphatic rings. The molecule has 1 heterocycles. The second kappa shape index (κ2) is 3.53. The van der Waals surface area contributed by atoms with E-state index in [0.29, 0.717) is 10.4 Å². The number of hydrogen-bond donors (Lipinski definition) is 0. The smallest absolute Gasteiger partial charge is 0.246 e. The quantitative estimate of drug-likeness (QED) is 0.581. The van der Waals surface area contributed by atoms with Crippen LogP contribution in [-0.4, -0.2) is 4.92 Å². The first-order valence-corrected chi connectivity index (χ1v) is 3.97. The Morgan fingerprint density at radius 2 is 2.42 bits per heavy atom. The summed E-state index contributed by atoms with van der Waals surface area (Å²) in [5.74, 6) is 0.469. The van der Waals surface area contributed by atoms with Crippen molar-refractivity contribution in [2.75, 3.05) is 0 Å². The van der Waals surface area contributed by atoms with Gasteiger partial charge in [0.15, 0.2) is 4.67 Å². The molecule has 0 spiro atoms. The molecule has 0 radical (unpaired) electrons. The zero-order chi connectivity index (χ0) is 9.14. The van der Waals surface area contributed by atoms with Gasteiger partial charge in [-0.3, -0.25) is 10.1 Å². The van der Waals surface area contributed by atoms with E-state index in [0.717, 1.165) is 0 Å². The fraction of sp³-hybridized carbons (Fsp3) is 0.143. The molecule has 0 saturated heterocycles. The van der Waals surface area contributed by atoms with Crippen molar-refractivity contribution >= 4 is 22.0 Å². The van der Waals surface area contributed by atoms with Crippen LogP contribution in [0, 0.1) is 10.1 Å². The van der Waals surface area contributed by atoms with E-state index < -0.39 is 4.92 Å². The van der Waals surface area contributed by atoms with Crippen LogP contribution in [0.3, 0.4) is 0 Å². The molecule has 0 bridgehead atoms. The van der Waals surface area contributed by atoms with E-state index in [1.165, 1.54) is 13.0 Å². The van der Waals surface area contributed by atoms with Gasteiger partial charge in [-0.05, 0) is 28.1 Å². The van der Waals surface area contributed by atoms with Crippen molar-refractivity contribution in [3.63, 3.8) is 0 Å². The SMILES string of the molecule is C/C(=C/c1ccc(Br)o1)[N+](=O)[O-]. The van der Waals surface area contributed by atoms with Gasteiger partial charge in [0.25, 0.3) is 0 Å². The zero-order valence-corrected chi connectivity index (χ0v) is 7.87. The second-order valence-corrected chi connectivity index (χ2v) is 2.97. The maximum atomic E-state index is 10.2. The van der Waals surface area contributed by atoms with Gasteiger partial charge in [0.05, 0.1) is 11.0 Å². The van der Waals surface area contributed by atoms with Crippen LogP contribution in [0.25, 0.3) is 6.08 Å². The molecular weight excluding hydrogens is 226 g/mol. The summed E-state index contributed by atoms with van der Waals surface area (Å²) >= 11 is 3.09. The monoisotopic (exact) mass is 231 g/mol. The van der Waals surface area contributed by atoms with Crippen molar-refractivity contribution in [1.82, 2.24) is 0 Å². The minimum atomic E-state index is -0.462.